The zero-order valence-corrected chi connectivity index (χ0v) is 14.8. The first-order valence-electron chi connectivity index (χ1n) is 8.45. The molecule has 2 aliphatic rings. The normalized spacial score (nSPS) is 17.3. The average molecular weight is 370 g/mol. The second kappa shape index (κ2) is 6.71. The number of carbonyl (C=O) groups is 2. The molecule has 2 aromatic rings. The predicted octanol–water partition coefficient (Wildman–Crippen LogP) is 2.44. The van der Waals surface area contributed by atoms with Gasteiger partial charge in [-0.05, 0) is 37.3 Å². The summed E-state index contributed by atoms with van der Waals surface area (Å²) in [7, 11) is 1.50. The number of benzene rings is 2. The number of anilines is 2. The molecular weight excluding hydrogens is 352 g/mol. The van der Waals surface area contributed by atoms with Gasteiger partial charge < -0.3 is 29.6 Å². The molecule has 2 aliphatic heterocycles. The highest BCUT2D eigenvalue weighted by molar-refractivity contribution is 6.06. The third-order valence-corrected chi connectivity index (χ3v) is 4.26. The van der Waals surface area contributed by atoms with Crippen molar-refractivity contribution in [3.63, 3.8) is 0 Å². The molecule has 1 atom stereocenters. The minimum absolute atomic E-state index is 0.234. The smallest absolute Gasteiger partial charge is 0.265 e. The highest BCUT2D eigenvalue weighted by atomic mass is 16.6. The molecule has 8 nitrogen and oxygen atoms in total. The summed E-state index contributed by atoms with van der Waals surface area (Å²) in [6, 6.07) is 8.25. The molecule has 8 heteroatoms. The molecule has 27 heavy (non-hydrogen) atoms. The van der Waals surface area contributed by atoms with Crippen LogP contribution in [0.1, 0.15) is 17.3 Å². The van der Waals surface area contributed by atoms with Crippen molar-refractivity contribution in [1.29, 1.82) is 0 Å². The van der Waals surface area contributed by atoms with Crippen LogP contribution >= 0.6 is 0 Å². The number of ether oxygens (including phenoxy) is 4. The van der Waals surface area contributed by atoms with Crippen molar-refractivity contribution in [2.45, 2.75) is 13.0 Å². The van der Waals surface area contributed by atoms with Gasteiger partial charge in [-0.1, -0.05) is 0 Å². The minimum Gasteiger partial charge on any atom is -0.493 e. The molecule has 2 N–H and O–H groups in total. The molecular formula is C19H18N2O6. The molecule has 4 rings (SSSR count). The number of amides is 2. The summed E-state index contributed by atoms with van der Waals surface area (Å²) in [4.78, 5) is 24.4. The van der Waals surface area contributed by atoms with E-state index >= 15 is 0 Å². The van der Waals surface area contributed by atoms with Gasteiger partial charge in [0.05, 0.1) is 12.8 Å². The van der Waals surface area contributed by atoms with Crippen molar-refractivity contribution in [3.05, 3.63) is 35.9 Å². The lowest BCUT2D eigenvalue weighted by atomic mass is 10.1. The molecule has 2 heterocycles. The van der Waals surface area contributed by atoms with Gasteiger partial charge in [-0.2, -0.15) is 0 Å². The molecule has 2 aromatic carbocycles. The first kappa shape index (κ1) is 17.0. The fourth-order valence-corrected chi connectivity index (χ4v) is 2.89. The minimum atomic E-state index is -0.553. The van der Waals surface area contributed by atoms with Crippen molar-refractivity contribution in [2.24, 2.45) is 0 Å². The summed E-state index contributed by atoms with van der Waals surface area (Å²) in [5.74, 6) is 1.36. The van der Waals surface area contributed by atoms with E-state index in [9.17, 15) is 9.59 Å². The summed E-state index contributed by atoms with van der Waals surface area (Å²) in [5.41, 5.74) is 1.39. The lowest BCUT2D eigenvalue weighted by molar-refractivity contribution is -0.122. The molecule has 0 aliphatic carbocycles. The van der Waals surface area contributed by atoms with Crippen LogP contribution in [0.3, 0.4) is 0 Å². The zero-order valence-electron chi connectivity index (χ0n) is 14.8. The van der Waals surface area contributed by atoms with Crippen LogP contribution in [0.25, 0.3) is 0 Å². The number of nitrogens with one attached hydrogen (secondary N) is 2. The van der Waals surface area contributed by atoms with Gasteiger partial charge >= 0.3 is 0 Å². The maximum Gasteiger partial charge on any atom is 0.265 e. The van der Waals surface area contributed by atoms with E-state index in [0.29, 0.717) is 53.2 Å². The molecule has 0 unspecified atom stereocenters. The summed E-state index contributed by atoms with van der Waals surface area (Å²) >= 11 is 0. The third-order valence-electron chi connectivity index (χ3n) is 4.26. The summed E-state index contributed by atoms with van der Waals surface area (Å²) < 4.78 is 21.9. The monoisotopic (exact) mass is 370 g/mol. The van der Waals surface area contributed by atoms with Gasteiger partial charge in [0.2, 0.25) is 5.75 Å². The van der Waals surface area contributed by atoms with Crippen molar-refractivity contribution in [2.75, 3.05) is 31.0 Å². The average Bonchev–Trinajstić information content (AvgIpc) is 2.68. The van der Waals surface area contributed by atoms with Crippen molar-refractivity contribution in [3.8, 4) is 23.0 Å². The van der Waals surface area contributed by atoms with E-state index < -0.39 is 6.10 Å². The molecule has 0 fully saturated rings. The second-order valence-corrected chi connectivity index (χ2v) is 6.12. The Morgan fingerprint density at radius 2 is 2.00 bits per heavy atom. The van der Waals surface area contributed by atoms with Crippen LogP contribution in [0.5, 0.6) is 23.0 Å². The SMILES string of the molecule is COc1cc(C(=O)Nc2ccc3c(c2)NC(=O)[C@@H](C)O3)cc2c1OCCO2. The Bertz CT molecular complexity index is 909. The Balaban J connectivity index is 1.58. The quantitative estimate of drug-likeness (QED) is 0.862. The van der Waals surface area contributed by atoms with Crippen LogP contribution in [-0.4, -0.2) is 38.2 Å². The lowest BCUT2D eigenvalue weighted by Gasteiger charge is -2.24. The van der Waals surface area contributed by atoms with Gasteiger partial charge in [0.1, 0.15) is 19.0 Å². The molecule has 140 valence electrons. The molecule has 0 saturated heterocycles. The highest BCUT2D eigenvalue weighted by Gasteiger charge is 2.24. The number of fused-ring (bicyclic) bond motifs is 2. The fraction of sp³-hybridized carbons (Fsp3) is 0.263. The summed E-state index contributed by atoms with van der Waals surface area (Å²) in [6.45, 7) is 2.50. The highest BCUT2D eigenvalue weighted by Crippen LogP contribution is 2.40. The lowest BCUT2D eigenvalue weighted by Crippen LogP contribution is -2.34. The van der Waals surface area contributed by atoms with Gasteiger partial charge in [0.15, 0.2) is 17.6 Å². The first-order valence-corrected chi connectivity index (χ1v) is 8.45. The Morgan fingerprint density at radius 1 is 1.19 bits per heavy atom. The van der Waals surface area contributed by atoms with E-state index in [1.165, 1.54) is 7.11 Å². The summed E-state index contributed by atoms with van der Waals surface area (Å²) in [6.07, 6.45) is -0.553. The Hall–Kier alpha value is -3.42. The van der Waals surface area contributed by atoms with Crippen LogP contribution in [0.2, 0.25) is 0 Å². The van der Waals surface area contributed by atoms with Gasteiger partial charge in [0.25, 0.3) is 11.8 Å². The van der Waals surface area contributed by atoms with Crippen LogP contribution in [0, 0.1) is 0 Å². The first-order chi connectivity index (χ1) is 13.0. The number of hydrogen-bond donors (Lipinski definition) is 2. The molecule has 0 bridgehead atoms. The number of carbonyl (C=O) groups excluding carboxylic acids is 2. The Labute approximate surface area is 155 Å². The van der Waals surface area contributed by atoms with E-state index in [4.69, 9.17) is 18.9 Å². The van der Waals surface area contributed by atoms with Crippen molar-refractivity contribution < 1.29 is 28.5 Å². The maximum absolute atomic E-state index is 12.7. The van der Waals surface area contributed by atoms with Gasteiger partial charge in [0, 0.05) is 11.3 Å². The molecule has 0 aromatic heterocycles. The van der Waals surface area contributed by atoms with Crippen LogP contribution in [0.15, 0.2) is 30.3 Å². The topological polar surface area (TPSA) is 95.1 Å². The fourth-order valence-electron chi connectivity index (χ4n) is 2.89. The Morgan fingerprint density at radius 3 is 2.81 bits per heavy atom. The molecule has 0 saturated carbocycles. The van der Waals surface area contributed by atoms with Gasteiger partial charge in [-0.15, -0.1) is 0 Å². The van der Waals surface area contributed by atoms with E-state index in [2.05, 4.69) is 10.6 Å². The molecule has 0 radical (unpaired) electrons. The van der Waals surface area contributed by atoms with E-state index in [1.807, 2.05) is 0 Å². The Kier molecular flexibility index (Phi) is 4.23. The van der Waals surface area contributed by atoms with Crippen molar-refractivity contribution >= 4 is 23.2 Å². The van der Waals surface area contributed by atoms with Crippen LogP contribution in [-0.2, 0) is 4.79 Å². The van der Waals surface area contributed by atoms with E-state index in [-0.39, 0.29) is 11.8 Å². The molecule has 2 amide bonds. The van der Waals surface area contributed by atoms with Crippen LogP contribution < -0.4 is 29.6 Å². The number of hydrogen-bond acceptors (Lipinski definition) is 6. The second-order valence-electron chi connectivity index (χ2n) is 6.12. The zero-order chi connectivity index (χ0) is 19.0. The standard InChI is InChI=1S/C19H18N2O6/c1-10-18(22)21-13-9-12(3-4-14(13)27-10)20-19(23)11-7-15(24-2)17-16(8-11)25-5-6-26-17/h3-4,7-10H,5-6H2,1-2H3,(H,20,23)(H,21,22)/t10-/m1/s1. The summed E-state index contributed by atoms with van der Waals surface area (Å²) in [5, 5.41) is 5.55. The van der Waals surface area contributed by atoms with E-state index in [1.54, 1.807) is 37.3 Å². The number of rotatable bonds is 3. The van der Waals surface area contributed by atoms with Crippen LogP contribution in [0.4, 0.5) is 11.4 Å². The van der Waals surface area contributed by atoms with E-state index in [0.717, 1.165) is 0 Å². The van der Waals surface area contributed by atoms with Gasteiger partial charge in [-0.3, -0.25) is 9.59 Å². The third kappa shape index (κ3) is 3.21. The number of methoxy groups -OCH3 is 1. The predicted molar refractivity (Wildman–Crippen MR) is 97.1 cm³/mol. The largest absolute Gasteiger partial charge is 0.493 e. The maximum atomic E-state index is 12.7. The van der Waals surface area contributed by atoms with Gasteiger partial charge in [-0.25, -0.2) is 0 Å². The van der Waals surface area contributed by atoms with Crippen molar-refractivity contribution in [1.82, 2.24) is 0 Å². The molecule has 0 spiro atoms.